The number of halogens is 4. The summed E-state index contributed by atoms with van der Waals surface area (Å²) in [6, 6.07) is 9.92. The lowest BCUT2D eigenvalue weighted by Gasteiger charge is -2.37. The topological polar surface area (TPSA) is 109 Å². The molecule has 1 atom stereocenters. The third-order valence-corrected chi connectivity index (χ3v) is 8.18. The van der Waals surface area contributed by atoms with Crippen LogP contribution in [0.5, 0.6) is 0 Å². The van der Waals surface area contributed by atoms with E-state index in [1.54, 1.807) is 25.1 Å². The van der Waals surface area contributed by atoms with Gasteiger partial charge in [0, 0.05) is 37.7 Å². The lowest BCUT2D eigenvalue weighted by Crippen LogP contribution is -2.57. The number of carbonyl (C=O) groups excluding carboxylic acids is 1. The average molecular weight is 578 g/mol. The number of nitrogens with zero attached hydrogens (tertiary/aromatic N) is 4. The third-order valence-electron chi connectivity index (χ3n) is 6.41. The number of furan rings is 1. The molecule has 1 fully saturated rings. The molecule has 2 aromatic heterocycles. The van der Waals surface area contributed by atoms with Crippen molar-refractivity contribution in [3.05, 3.63) is 71.7 Å². The number of carbonyl (C=O) groups is 1. The molecule has 1 aliphatic heterocycles. The van der Waals surface area contributed by atoms with Crippen LogP contribution >= 0.6 is 0 Å². The van der Waals surface area contributed by atoms with E-state index in [1.807, 2.05) is 0 Å². The van der Waals surface area contributed by atoms with E-state index in [0.29, 0.717) is 17.0 Å². The lowest BCUT2D eigenvalue weighted by molar-refractivity contribution is -0.137. The second-order valence-electron chi connectivity index (χ2n) is 9.40. The van der Waals surface area contributed by atoms with Crippen molar-refractivity contribution in [3.8, 4) is 11.3 Å². The minimum Gasteiger partial charge on any atom is -0.443 e. The summed E-state index contributed by atoms with van der Waals surface area (Å²) in [6.45, 7) is 0.0201. The van der Waals surface area contributed by atoms with Gasteiger partial charge in [-0.05, 0) is 42.8 Å². The van der Waals surface area contributed by atoms with Gasteiger partial charge in [-0.15, -0.1) is 0 Å². The van der Waals surface area contributed by atoms with Gasteiger partial charge in [0.15, 0.2) is 0 Å². The number of rotatable bonds is 7. The van der Waals surface area contributed by atoms with Crippen LogP contribution in [0.25, 0.3) is 22.2 Å². The maximum absolute atomic E-state index is 13.5. The largest absolute Gasteiger partial charge is 0.443 e. The lowest BCUT2D eigenvalue weighted by atomic mass is 10.1. The Bertz CT molecular complexity index is 1690. The zero-order valence-electron chi connectivity index (χ0n) is 21.2. The molecule has 14 heteroatoms. The molecule has 1 amide bonds. The predicted molar refractivity (Wildman–Crippen MR) is 137 cm³/mol. The molecule has 4 aromatic rings. The highest BCUT2D eigenvalue weighted by atomic mass is 32.2. The normalized spacial score (nSPS) is 16.1. The number of nitrogens with one attached hydrogen (secondary N) is 1. The Labute approximate surface area is 226 Å². The van der Waals surface area contributed by atoms with E-state index >= 15 is 0 Å². The number of sulfonamides is 1. The first-order chi connectivity index (χ1) is 18.8. The number of hydrogen-bond acceptors (Lipinski definition) is 7. The molecular formula is C26H23F4N5O4S. The Hall–Kier alpha value is -4.04. The Morgan fingerprint density at radius 2 is 1.82 bits per heavy atom. The smallest absolute Gasteiger partial charge is 0.416 e. The first-order valence-corrected chi connectivity index (χ1v) is 13.5. The monoisotopic (exact) mass is 577 g/mol. The van der Waals surface area contributed by atoms with Crippen LogP contribution < -0.4 is 10.2 Å². The van der Waals surface area contributed by atoms with Crippen molar-refractivity contribution in [3.63, 3.8) is 0 Å². The Morgan fingerprint density at radius 3 is 2.45 bits per heavy atom. The summed E-state index contributed by atoms with van der Waals surface area (Å²) in [5.74, 6) is -0.823. The van der Waals surface area contributed by atoms with Gasteiger partial charge in [0.05, 0.1) is 23.5 Å². The summed E-state index contributed by atoms with van der Waals surface area (Å²) < 4.78 is 85.1. The van der Waals surface area contributed by atoms with Crippen LogP contribution in [-0.2, 0) is 27.5 Å². The molecule has 0 saturated carbocycles. The van der Waals surface area contributed by atoms with Crippen molar-refractivity contribution in [1.29, 1.82) is 0 Å². The molecule has 0 radical (unpaired) electrons. The van der Waals surface area contributed by atoms with Gasteiger partial charge >= 0.3 is 6.18 Å². The maximum Gasteiger partial charge on any atom is 0.416 e. The molecule has 1 N–H and O–H groups in total. The number of alkyl halides is 3. The van der Waals surface area contributed by atoms with Gasteiger partial charge in [-0.2, -0.15) is 17.5 Å². The van der Waals surface area contributed by atoms with E-state index in [4.69, 9.17) is 4.42 Å². The van der Waals surface area contributed by atoms with Gasteiger partial charge in [0.2, 0.25) is 16.9 Å². The van der Waals surface area contributed by atoms with E-state index in [0.717, 1.165) is 28.6 Å². The second-order valence-corrected chi connectivity index (χ2v) is 11.2. The molecule has 2 aromatic carbocycles. The van der Waals surface area contributed by atoms with Crippen molar-refractivity contribution in [2.24, 2.45) is 0 Å². The number of amides is 1. The third kappa shape index (κ3) is 5.36. The number of hydrogen-bond donors (Lipinski definition) is 1. The molecular weight excluding hydrogens is 554 g/mol. The fourth-order valence-corrected chi connectivity index (χ4v) is 5.78. The van der Waals surface area contributed by atoms with Crippen LogP contribution in [0.3, 0.4) is 0 Å². The predicted octanol–water partition coefficient (Wildman–Crippen LogP) is 4.19. The first kappa shape index (κ1) is 27.5. The van der Waals surface area contributed by atoms with E-state index in [-0.39, 0.29) is 36.4 Å². The van der Waals surface area contributed by atoms with Crippen LogP contribution in [0.1, 0.15) is 17.7 Å². The van der Waals surface area contributed by atoms with Crippen molar-refractivity contribution in [2.45, 2.75) is 30.3 Å². The van der Waals surface area contributed by atoms with Gasteiger partial charge in [0.25, 0.3) is 10.0 Å². The summed E-state index contributed by atoms with van der Waals surface area (Å²) in [4.78, 5) is 23.3. The van der Waals surface area contributed by atoms with E-state index in [1.165, 1.54) is 24.3 Å². The zero-order valence-corrected chi connectivity index (χ0v) is 22.1. The van der Waals surface area contributed by atoms with Crippen molar-refractivity contribution < 1.29 is 35.2 Å². The number of fused-ring (bicyclic) bond motifs is 1. The van der Waals surface area contributed by atoms with E-state index in [2.05, 4.69) is 15.3 Å². The van der Waals surface area contributed by atoms with Gasteiger partial charge in [-0.3, -0.25) is 4.79 Å². The zero-order chi connectivity index (χ0) is 28.8. The SMILES string of the molecule is CN(C)c1nc(CNC(=O)[C@@H]2CCN2S(=O)(=O)c2cc3cc(F)ccc3o2)cc(-c2ccc(C(F)(F)F)cc2)n1. The molecule has 0 unspecified atom stereocenters. The number of anilines is 1. The second kappa shape index (κ2) is 10.2. The molecule has 5 rings (SSSR count). The van der Waals surface area contributed by atoms with E-state index < -0.39 is 44.6 Å². The molecule has 3 heterocycles. The quantitative estimate of drug-likeness (QED) is 0.328. The Balaban J connectivity index is 1.32. The van der Waals surface area contributed by atoms with Crippen molar-refractivity contribution >= 4 is 32.8 Å². The fraction of sp³-hybridized carbons (Fsp3) is 0.269. The minimum absolute atomic E-state index is 0.0792. The highest BCUT2D eigenvalue weighted by Crippen LogP contribution is 2.32. The summed E-state index contributed by atoms with van der Waals surface area (Å²) in [5.41, 5.74) is 0.556. The molecule has 210 valence electrons. The van der Waals surface area contributed by atoms with Crippen LogP contribution in [0.4, 0.5) is 23.5 Å². The van der Waals surface area contributed by atoms with Gasteiger partial charge < -0.3 is 14.6 Å². The standard InChI is InChI=1S/C26H23F4N5O4S/c1-34(2)25-32-19(13-20(33-25)15-3-5-17(6-4-15)26(28,29)30)14-31-24(36)21-9-10-35(21)40(37,38)23-12-16-11-18(27)7-8-22(16)39-23/h3-8,11-13,21H,9-10,14H2,1-2H3,(H,31,36)/t21-/m0/s1. The van der Waals surface area contributed by atoms with Crippen LogP contribution in [0.2, 0.25) is 0 Å². The Morgan fingerprint density at radius 1 is 1.10 bits per heavy atom. The minimum atomic E-state index is -4.47. The summed E-state index contributed by atoms with van der Waals surface area (Å²) >= 11 is 0. The molecule has 0 bridgehead atoms. The van der Waals surface area contributed by atoms with Gasteiger partial charge in [0.1, 0.15) is 17.4 Å². The summed E-state index contributed by atoms with van der Waals surface area (Å²) in [6.07, 6.45) is -4.19. The molecule has 40 heavy (non-hydrogen) atoms. The average Bonchev–Trinajstić information content (AvgIpc) is 3.30. The number of aromatic nitrogens is 2. The fourth-order valence-electron chi connectivity index (χ4n) is 4.19. The van der Waals surface area contributed by atoms with Crippen LogP contribution in [0, 0.1) is 5.82 Å². The van der Waals surface area contributed by atoms with Gasteiger partial charge in [-0.1, -0.05) is 12.1 Å². The maximum atomic E-state index is 13.5. The molecule has 1 saturated heterocycles. The summed E-state index contributed by atoms with van der Waals surface area (Å²) in [7, 11) is -0.773. The highest BCUT2D eigenvalue weighted by molar-refractivity contribution is 7.89. The van der Waals surface area contributed by atoms with E-state index in [9.17, 15) is 30.8 Å². The Kier molecular flexibility index (Phi) is 7.00. The van der Waals surface area contributed by atoms with Crippen molar-refractivity contribution in [2.75, 3.05) is 25.5 Å². The highest BCUT2D eigenvalue weighted by Gasteiger charge is 2.44. The molecule has 0 spiro atoms. The summed E-state index contributed by atoms with van der Waals surface area (Å²) in [5, 5.41) is 2.57. The molecule has 0 aliphatic carbocycles. The molecule has 1 aliphatic rings. The van der Waals surface area contributed by atoms with Gasteiger partial charge in [-0.25, -0.2) is 22.8 Å². The van der Waals surface area contributed by atoms with Crippen LogP contribution in [-0.4, -0.2) is 55.3 Å². The van der Waals surface area contributed by atoms with Crippen LogP contribution in [0.15, 0.2) is 64.1 Å². The molecule has 9 nitrogen and oxygen atoms in total. The first-order valence-electron chi connectivity index (χ1n) is 12.0. The van der Waals surface area contributed by atoms with Crippen molar-refractivity contribution in [1.82, 2.24) is 19.6 Å². The number of benzene rings is 2.